The molecule has 0 spiro atoms. The van der Waals surface area contributed by atoms with Crippen LogP contribution in [0.2, 0.25) is 0 Å². The van der Waals surface area contributed by atoms with Crippen molar-refractivity contribution < 1.29 is 28.6 Å². The zero-order valence-corrected chi connectivity index (χ0v) is 17.2. The highest BCUT2D eigenvalue weighted by Crippen LogP contribution is 2.28. The SMILES string of the molecule is COC1=C(OC)C(=O)C(CCCCCCCCCCOC(=O)Cl)=C(C)C1=O. The maximum Gasteiger partial charge on any atom is 0.403 e. The lowest BCUT2D eigenvalue weighted by atomic mass is 9.89. The largest absolute Gasteiger partial charge is 0.489 e. The van der Waals surface area contributed by atoms with E-state index in [1.54, 1.807) is 6.92 Å². The molecule has 6 nitrogen and oxygen atoms in total. The highest BCUT2D eigenvalue weighted by Gasteiger charge is 2.34. The molecule has 27 heavy (non-hydrogen) atoms. The summed E-state index contributed by atoms with van der Waals surface area (Å²) in [7, 11) is 2.74. The number of methoxy groups -OCH3 is 2. The van der Waals surface area contributed by atoms with E-state index >= 15 is 0 Å². The second kappa shape index (κ2) is 12.5. The van der Waals surface area contributed by atoms with Gasteiger partial charge in [0.05, 0.1) is 20.8 Å². The lowest BCUT2D eigenvalue weighted by Crippen LogP contribution is -2.25. The van der Waals surface area contributed by atoms with Crippen LogP contribution in [-0.4, -0.2) is 37.8 Å². The highest BCUT2D eigenvalue weighted by molar-refractivity contribution is 6.61. The average Bonchev–Trinajstić information content (AvgIpc) is 2.64. The Morgan fingerprint density at radius 3 is 1.81 bits per heavy atom. The molecule has 0 bridgehead atoms. The van der Waals surface area contributed by atoms with E-state index in [-0.39, 0.29) is 23.1 Å². The van der Waals surface area contributed by atoms with Crippen molar-refractivity contribution in [2.75, 3.05) is 20.8 Å². The number of ether oxygens (including phenoxy) is 3. The third-order valence-electron chi connectivity index (χ3n) is 4.63. The van der Waals surface area contributed by atoms with Crippen molar-refractivity contribution in [1.82, 2.24) is 0 Å². The van der Waals surface area contributed by atoms with Gasteiger partial charge in [0, 0.05) is 22.7 Å². The number of halogens is 1. The third-order valence-corrected chi connectivity index (χ3v) is 4.74. The van der Waals surface area contributed by atoms with Crippen LogP contribution in [0.15, 0.2) is 22.7 Å². The molecule has 0 radical (unpaired) electrons. The Balaban J connectivity index is 2.25. The van der Waals surface area contributed by atoms with Gasteiger partial charge < -0.3 is 14.2 Å². The van der Waals surface area contributed by atoms with Crippen molar-refractivity contribution in [1.29, 1.82) is 0 Å². The summed E-state index contributed by atoms with van der Waals surface area (Å²) in [6.07, 6.45) is 8.72. The Bertz CT molecular complexity index is 606. The third kappa shape index (κ3) is 7.37. The second-order valence-electron chi connectivity index (χ2n) is 6.49. The minimum Gasteiger partial charge on any atom is -0.489 e. The molecule has 0 aromatic carbocycles. The van der Waals surface area contributed by atoms with Crippen molar-refractivity contribution >= 4 is 28.6 Å². The first-order chi connectivity index (χ1) is 12.9. The molecule has 0 heterocycles. The summed E-state index contributed by atoms with van der Waals surface area (Å²) in [6.45, 7) is 2.05. The molecule has 0 aromatic rings. The quantitative estimate of drug-likeness (QED) is 0.250. The monoisotopic (exact) mass is 400 g/mol. The summed E-state index contributed by atoms with van der Waals surface area (Å²) in [5, 5.41) is 0. The molecule has 0 unspecified atom stereocenters. The van der Waals surface area contributed by atoms with Crippen molar-refractivity contribution in [3.05, 3.63) is 22.7 Å². The molecular weight excluding hydrogens is 372 g/mol. The van der Waals surface area contributed by atoms with E-state index in [4.69, 9.17) is 21.1 Å². The first kappa shape index (κ1) is 23.2. The van der Waals surface area contributed by atoms with E-state index in [2.05, 4.69) is 4.74 Å². The minimum atomic E-state index is -0.745. The van der Waals surface area contributed by atoms with Crippen LogP contribution in [0.1, 0.15) is 64.7 Å². The normalized spacial score (nSPS) is 14.7. The Kier molecular flexibility index (Phi) is 10.8. The molecule has 0 aliphatic heterocycles. The summed E-state index contributed by atoms with van der Waals surface area (Å²) >= 11 is 5.08. The molecule has 0 saturated heterocycles. The van der Waals surface area contributed by atoms with E-state index in [9.17, 15) is 14.4 Å². The van der Waals surface area contributed by atoms with Crippen LogP contribution in [-0.2, 0) is 23.8 Å². The predicted molar refractivity (Wildman–Crippen MR) is 103 cm³/mol. The van der Waals surface area contributed by atoms with E-state index in [1.165, 1.54) is 14.2 Å². The standard InChI is InChI=1S/C20H29ClO6/c1-14-15(17(23)19(26-3)18(25-2)16(14)22)12-10-8-6-4-5-7-9-11-13-27-20(21)24/h4-13H2,1-3H3. The maximum absolute atomic E-state index is 12.5. The number of carbonyl (C=O) groups is 3. The van der Waals surface area contributed by atoms with Crippen LogP contribution in [0.5, 0.6) is 0 Å². The molecule has 0 atom stereocenters. The number of hydrogen-bond acceptors (Lipinski definition) is 6. The zero-order valence-electron chi connectivity index (χ0n) is 16.4. The fourth-order valence-corrected chi connectivity index (χ4v) is 3.19. The van der Waals surface area contributed by atoms with Crippen molar-refractivity contribution in [2.24, 2.45) is 0 Å². The minimum absolute atomic E-state index is 0.00273. The van der Waals surface area contributed by atoms with Gasteiger partial charge in [0.1, 0.15) is 0 Å². The molecule has 1 aliphatic rings. The Morgan fingerprint density at radius 2 is 1.30 bits per heavy atom. The first-order valence-corrected chi connectivity index (χ1v) is 9.75. The lowest BCUT2D eigenvalue weighted by Gasteiger charge is -2.20. The Hall–Kier alpha value is -1.82. The fraction of sp³-hybridized carbons (Fsp3) is 0.650. The van der Waals surface area contributed by atoms with Crippen LogP contribution in [0.25, 0.3) is 0 Å². The summed E-state index contributed by atoms with van der Waals surface area (Å²) in [4.78, 5) is 35.2. The maximum atomic E-state index is 12.5. The molecule has 1 aliphatic carbocycles. The fourth-order valence-electron chi connectivity index (χ4n) is 3.11. The molecule has 152 valence electrons. The van der Waals surface area contributed by atoms with Crippen molar-refractivity contribution in [3.8, 4) is 0 Å². The number of ketones is 2. The van der Waals surface area contributed by atoms with Crippen LogP contribution >= 0.6 is 11.6 Å². The number of unbranched alkanes of at least 4 members (excludes halogenated alkanes) is 7. The highest BCUT2D eigenvalue weighted by atomic mass is 35.5. The van der Waals surface area contributed by atoms with E-state index in [0.29, 0.717) is 24.2 Å². The van der Waals surface area contributed by atoms with Crippen LogP contribution in [0.4, 0.5) is 4.79 Å². The molecule has 0 saturated carbocycles. The lowest BCUT2D eigenvalue weighted by molar-refractivity contribution is -0.121. The van der Waals surface area contributed by atoms with Gasteiger partial charge in [-0.2, -0.15) is 0 Å². The summed E-state index contributed by atoms with van der Waals surface area (Å²) in [5.41, 5.74) is 0.242. The zero-order chi connectivity index (χ0) is 20.2. The summed E-state index contributed by atoms with van der Waals surface area (Å²) in [6, 6.07) is 0. The van der Waals surface area contributed by atoms with Gasteiger partial charge in [0.2, 0.25) is 23.1 Å². The van der Waals surface area contributed by atoms with Gasteiger partial charge in [-0.25, -0.2) is 4.79 Å². The predicted octanol–water partition coefficient (Wildman–Crippen LogP) is 4.85. The Morgan fingerprint density at radius 1 is 0.815 bits per heavy atom. The smallest absolute Gasteiger partial charge is 0.403 e. The van der Waals surface area contributed by atoms with E-state index in [1.807, 2.05) is 0 Å². The molecule has 0 amide bonds. The van der Waals surface area contributed by atoms with Gasteiger partial charge in [0.15, 0.2) is 0 Å². The van der Waals surface area contributed by atoms with Gasteiger partial charge in [-0.05, 0) is 26.2 Å². The topological polar surface area (TPSA) is 78.9 Å². The molecule has 7 heteroatoms. The first-order valence-electron chi connectivity index (χ1n) is 9.37. The number of allylic oxidation sites excluding steroid dienone is 2. The molecule has 0 fully saturated rings. The number of hydrogen-bond donors (Lipinski definition) is 0. The molecular formula is C20H29ClO6. The van der Waals surface area contributed by atoms with Crippen LogP contribution < -0.4 is 0 Å². The van der Waals surface area contributed by atoms with Crippen LogP contribution in [0.3, 0.4) is 0 Å². The number of carbonyl (C=O) groups excluding carboxylic acids is 3. The molecule has 1 rings (SSSR count). The molecule has 0 N–H and O–H groups in total. The van der Waals surface area contributed by atoms with Gasteiger partial charge >= 0.3 is 5.43 Å². The van der Waals surface area contributed by atoms with E-state index in [0.717, 1.165) is 51.4 Å². The Labute approximate surface area is 165 Å². The number of Topliss-reactive ketones (excluding diaryl/α,β-unsaturated/α-hetero) is 2. The van der Waals surface area contributed by atoms with Gasteiger partial charge in [-0.3, -0.25) is 9.59 Å². The van der Waals surface area contributed by atoms with Gasteiger partial charge in [-0.15, -0.1) is 0 Å². The molecule has 0 aromatic heterocycles. The van der Waals surface area contributed by atoms with Gasteiger partial charge in [-0.1, -0.05) is 38.5 Å². The van der Waals surface area contributed by atoms with E-state index < -0.39 is 5.43 Å². The summed E-state index contributed by atoms with van der Waals surface area (Å²) in [5.74, 6) is -0.527. The van der Waals surface area contributed by atoms with Crippen molar-refractivity contribution in [3.63, 3.8) is 0 Å². The second-order valence-corrected chi connectivity index (χ2v) is 6.80. The van der Waals surface area contributed by atoms with Crippen LogP contribution in [0, 0.1) is 0 Å². The average molecular weight is 401 g/mol. The summed E-state index contributed by atoms with van der Waals surface area (Å²) < 4.78 is 14.8. The van der Waals surface area contributed by atoms with Crippen molar-refractivity contribution in [2.45, 2.75) is 64.7 Å². The number of rotatable bonds is 13. The van der Waals surface area contributed by atoms with Gasteiger partial charge in [0.25, 0.3) is 0 Å².